The van der Waals surface area contributed by atoms with Crippen molar-refractivity contribution in [3.8, 4) is 0 Å². The SMILES string of the molecule is CNC(C)n1ccc2cc(C)cnc21. The summed E-state index contributed by atoms with van der Waals surface area (Å²) in [6, 6.07) is 4.25. The number of aryl methyl sites for hydroxylation is 1. The first-order valence-corrected chi connectivity index (χ1v) is 4.83. The summed E-state index contributed by atoms with van der Waals surface area (Å²) in [5, 5.41) is 4.40. The fourth-order valence-electron chi connectivity index (χ4n) is 1.61. The number of aromatic nitrogens is 2. The van der Waals surface area contributed by atoms with E-state index in [1.807, 2.05) is 13.2 Å². The minimum absolute atomic E-state index is 0.280. The first kappa shape index (κ1) is 9.21. The zero-order chi connectivity index (χ0) is 10.1. The molecule has 74 valence electrons. The molecule has 3 nitrogen and oxygen atoms in total. The van der Waals surface area contributed by atoms with Crippen molar-refractivity contribution in [3.63, 3.8) is 0 Å². The van der Waals surface area contributed by atoms with Crippen LogP contribution in [0.1, 0.15) is 18.7 Å². The molecule has 2 rings (SSSR count). The van der Waals surface area contributed by atoms with Gasteiger partial charge in [-0.25, -0.2) is 4.98 Å². The second kappa shape index (κ2) is 3.42. The van der Waals surface area contributed by atoms with Crippen LogP contribution >= 0.6 is 0 Å². The largest absolute Gasteiger partial charge is 0.317 e. The summed E-state index contributed by atoms with van der Waals surface area (Å²) in [6.45, 7) is 4.17. The van der Waals surface area contributed by atoms with Crippen LogP contribution in [-0.4, -0.2) is 16.6 Å². The van der Waals surface area contributed by atoms with Crippen LogP contribution in [0.2, 0.25) is 0 Å². The molecule has 0 fully saturated rings. The Labute approximate surface area is 83.8 Å². The van der Waals surface area contributed by atoms with E-state index in [0.717, 1.165) is 5.65 Å². The summed E-state index contributed by atoms with van der Waals surface area (Å²) in [4.78, 5) is 4.43. The molecule has 2 aromatic rings. The van der Waals surface area contributed by atoms with E-state index in [1.165, 1.54) is 10.9 Å². The summed E-state index contributed by atoms with van der Waals surface area (Å²) in [6.07, 6.45) is 4.25. The van der Waals surface area contributed by atoms with Crippen LogP contribution in [0.15, 0.2) is 24.5 Å². The first-order chi connectivity index (χ1) is 6.72. The van der Waals surface area contributed by atoms with Crippen molar-refractivity contribution in [1.82, 2.24) is 14.9 Å². The van der Waals surface area contributed by atoms with Gasteiger partial charge < -0.3 is 9.88 Å². The average Bonchev–Trinajstić information content (AvgIpc) is 2.59. The highest BCUT2D eigenvalue weighted by Crippen LogP contribution is 2.17. The molecule has 0 radical (unpaired) electrons. The molecule has 3 heteroatoms. The zero-order valence-corrected chi connectivity index (χ0v) is 8.78. The zero-order valence-electron chi connectivity index (χ0n) is 8.78. The van der Waals surface area contributed by atoms with Gasteiger partial charge in [-0.15, -0.1) is 0 Å². The highest BCUT2D eigenvalue weighted by molar-refractivity contribution is 5.76. The van der Waals surface area contributed by atoms with Crippen LogP contribution < -0.4 is 5.32 Å². The Hall–Kier alpha value is -1.35. The highest BCUT2D eigenvalue weighted by atomic mass is 15.2. The summed E-state index contributed by atoms with van der Waals surface area (Å²) in [5.41, 5.74) is 2.24. The average molecular weight is 189 g/mol. The molecule has 2 heterocycles. The van der Waals surface area contributed by atoms with Gasteiger partial charge in [0.15, 0.2) is 0 Å². The smallest absolute Gasteiger partial charge is 0.141 e. The lowest BCUT2D eigenvalue weighted by Crippen LogP contribution is -2.19. The van der Waals surface area contributed by atoms with Crippen molar-refractivity contribution in [2.75, 3.05) is 7.05 Å². The molecule has 0 spiro atoms. The fourth-order valence-corrected chi connectivity index (χ4v) is 1.61. The second-order valence-corrected chi connectivity index (χ2v) is 3.61. The van der Waals surface area contributed by atoms with Crippen LogP contribution in [0.3, 0.4) is 0 Å². The standard InChI is InChI=1S/C11H15N3/c1-8-6-10-4-5-14(9(2)12-3)11(10)13-7-8/h4-7,9,12H,1-3H3. The molecule has 0 aliphatic rings. The molecule has 0 aliphatic carbocycles. The van der Waals surface area contributed by atoms with Gasteiger partial charge in [-0.2, -0.15) is 0 Å². The van der Waals surface area contributed by atoms with E-state index in [2.05, 4.69) is 47.0 Å². The van der Waals surface area contributed by atoms with Gasteiger partial charge in [0.2, 0.25) is 0 Å². The Kier molecular flexibility index (Phi) is 2.25. The molecule has 0 bridgehead atoms. The molecule has 1 atom stereocenters. The maximum Gasteiger partial charge on any atom is 0.141 e. The predicted molar refractivity (Wildman–Crippen MR) is 58.2 cm³/mol. The maximum atomic E-state index is 4.43. The van der Waals surface area contributed by atoms with Crippen molar-refractivity contribution in [2.24, 2.45) is 0 Å². The second-order valence-electron chi connectivity index (χ2n) is 3.61. The number of nitrogens with zero attached hydrogens (tertiary/aromatic N) is 2. The lowest BCUT2D eigenvalue weighted by molar-refractivity contribution is 0.489. The van der Waals surface area contributed by atoms with Gasteiger partial charge in [-0.05, 0) is 38.6 Å². The van der Waals surface area contributed by atoms with Gasteiger partial charge in [-0.1, -0.05) is 0 Å². The van der Waals surface area contributed by atoms with Crippen LogP contribution in [0.4, 0.5) is 0 Å². The summed E-state index contributed by atoms with van der Waals surface area (Å²) in [5.74, 6) is 0. The lowest BCUT2D eigenvalue weighted by atomic mass is 10.2. The number of fused-ring (bicyclic) bond motifs is 1. The summed E-state index contributed by atoms with van der Waals surface area (Å²) >= 11 is 0. The van der Waals surface area contributed by atoms with E-state index >= 15 is 0 Å². The van der Waals surface area contributed by atoms with E-state index in [0.29, 0.717) is 0 Å². The number of pyridine rings is 1. The topological polar surface area (TPSA) is 29.9 Å². The fraction of sp³-hybridized carbons (Fsp3) is 0.364. The quantitative estimate of drug-likeness (QED) is 0.784. The van der Waals surface area contributed by atoms with Crippen LogP contribution in [0, 0.1) is 6.92 Å². The van der Waals surface area contributed by atoms with Gasteiger partial charge in [0.1, 0.15) is 5.65 Å². The predicted octanol–water partition coefficient (Wildman–Crippen LogP) is 2.08. The Balaban J connectivity index is 2.58. The monoisotopic (exact) mass is 189 g/mol. The van der Waals surface area contributed by atoms with Crippen LogP contribution in [0.25, 0.3) is 11.0 Å². The van der Waals surface area contributed by atoms with Gasteiger partial charge in [0, 0.05) is 17.8 Å². The molecular weight excluding hydrogens is 174 g/mol. The Morgan fingerprint density at radius 2 is 2.29 bits per heavy atom. The number of hydrogen-bond donors (Lipinski definition) is 1. The molecule has 0 saturated carbocycles. The number of rotatable bonds is 2. The molecule has 0 aliphatic heterocycles. The van der Waals surface area contributed by atoms with Gasteiger partial charge >= 0.3 is 0 Å². The van der Waals surface area contributed by atoms with Crippen molar-refractivity contribution < 1.29 is 0 Å². The molecule has 2 aromatic heterocycles. The van der Waals surface area contributed by atoms with Crippen molar-refractivity contribution >= 4 is 11.0 Å². The molecule has 1 N–H and O–H groups in total. The Bertz CT molecular complexity index is 445. The number of hydrogen-bond acceptors (Lipinski definition) is 2. The van der Waals surface area contributed by atoms with E-state index in [9.17, 15) is 0 Å². The van der Waals surface area contributed by atoms with E-state index in [4.69, 9.17) is 0 Å². The minimum atomic E-state index is 0.280. The van der Waals surface area contributed by atoms with Crippen molar-refractivity contribution in [2.45, 2.75) is 20.0 Å². The van der Waals surface area contributed by atoms with Crippen molar-refractivity contribution in [1.29, 1.82) is 0 Å². The summed E-state index contributed by atoms with van der Waals surface area (Å²) < 4.78 is 2.13. The summed E-state index contributed by atoms with van der Waals surface area (Å²) in [7, 11) is 1.95. The van der Waals surface area contributed by atoms with Crippen LogP contribution in [0.5, 0.6) is 0 Å². The molecule has 14 heavy (non-hydrogen) atoms. The van der Waals surface area contributed by atoms with Gasteiger partial charge in [0.25, 0.3) is 0 Å². The van der Waals surface area contributed by atoms with Crippen molar-refractivity contribution in [3.05, 3.63) is 30.1 Å². The molecule has 0 amide bonds. The minimum Gasteiger partial charge on any atom is -0.317 e. The van der Waals surface area contributed by atoms with E-state index in [1.54, 1.807) is 0 Å². The lowest BCUT2D eigenvalue weighted by Gasteiger charge is -2.12. The molecule has 1 unspecified atom stereocenters. The molecule has 0 saturated heterocycles. The Morgan fingerprint density at radius 1 is 1.50 bits per heavy atom. The Morgan fingerprint density at radius 3 is 3.00 bits per heavy atom. The molecular formula is C11H15N3. The normalized spacial score (nSPS) is 13.4. The third-order valence-electron chi connectivity index (χ3n) is 2.53. The third kappa shape index (κ3) is 1.40. The first-order valence-electron chi connectivity index (χ1n) is 4.83. The highest BCUT2D eigenvalue weighted by Gasteiger charge is 2.06. The van der Waals surface area contributed by atoms with E-state index < -0.39 is 0 Å². The van der Waals surface area contributed by atoms with Gasteiger partial charge in [-0.3, -0.25) is 0 Å². The van der Waals surface area contributed by atoms with Crippen LogP contribution in [-0.2, 0) is 0 Å². The number of nitrogens with one attached hydrogen (secondary N) is 1. The van der Waals surface area contributed by atoms with E-state index in [-0.39, 0.29) is 6.17 Å². The maximum absolute atomic E-state index is 4.43. The van der Waals surface area contributed by atoms with Gasteiger partial charge in [0.05, 0.1) is 6.17 Å². The molecule has 0 aromatic carbocycles. The third-order valence-corrected chi connectivity index (χ3v) is 2.53.